The molecule has 0 aromatic rings. The van der Waals surface area contributed by atoms with Crippen molar-refractivity contribution < 1.29 is 9.53 Å². The lowest BCUT2D eigenvalue weighted by Gasteiger charge is -2.29. The van der Waals surface area contributed by atoms with Gasteiger partial charge in [-0.15, -0.1) is 0 Å². The summed E-state index contributed by atoms with van der Waals surface area (Å²) >= 11 is 0. The third-order valence-corrected chi connectivity index (χ3v) is 3.53. The van der Waals surface area contributed by atoms with Crippen LogP contribution >= 0.6 is 0 Å². The van der Waals surface area contributed by atoms with Crippen LogP contribution in [0.15, 0.2) is 0 Å². The normalized spacial score (nSPS) is 13.6. The first kappa shape index (κ1) is 20.4. The second-order valence-corrected chi connectivity index (χ2v) is 8.83. The van der Waals surface area contributed by atoms with E-state index in [2.05, 4.69) is 46.6 Å². The molecule has 4 nitrogen and oxygen atoms in total. The molecule has 0 rings (SSSR count). The van der Waals surface area contributed by atoms with Gasteiger partial charge in [0.1, 0.15) is 5.54 Å². The summed E-state index contributed by atoms with van der Waals surface area (Å²) in [5, 5.41) is 0. The number of nitrogens with two attached hydrogens (primary N) is 1. The lowest BCUT2D eigenvalue weighted by Crippen LogP contribution is -2.44. The van der Waals surface area contributed by atoms with Gasteiger partial charge in [-0.3, -0.25) is 4.79 Å². The summed E-state index contributed by atoms with van der Waals surface area (Å²) < 4.78 is 5.34. The molecular formula is C17H36N2O2. The van der Waals surface area contributed by atoms with E-state index < -0.39 is 5.54 Å². The molecule has 21 heavy (non-hydrogen) atoms. The number of carbonyl (C=O) groups excluding carboxylic acids is 1. The number of rotatable bonds is 8. The molecule has 0 spiro atoms. The van der Waals surface area contributed by atoms with Crippen molar-refractivity contribution >= 4 is 5.97 Å². The van der Waals surface area contributed by atoms with Crippen LogP contribution in [-0.4, -0.2) is 43.2 Å². The van der Waals surface area contributed by atoms with Crippen LogP contribution in [-0.2, 0) is 9.53 Å². The number of ether oxygens (including phenoxy) is 1. The predicted molar refractivity (Wildman–Crippen MR) is 89.2 cm³/mol. The molecule has 126 valence electrons. The van der Waals surface area contributed by atoms with Gasteiger partial charge in [0.15, 0.2) is 0 Å². The van der Waals surface area contributed by atoms with Crippen LogP contribution < -0.4 is 5.73 Å². The summed E-state index contributed by atoms with van der Waals surface area (Å²) in [6.45, 7) is 16.9. The van der Waals surface area contributed by atoms with Crippen molar-refractivity contribution in [2.45, 2.75) is 66.8 Å². The molecule has 0 aliphatic rings. The lowest BCUT2D eigenvalue weighted by atomic mass is 9.89. The summed E-state index contributed by atoms with van der Waals surface area (Å²) in [7, 11) is 2.15. The van der Waals surface area contributed by atoms with E-state index in [-0.39, 0.29) is 11.4 Å². The third-order valence-electron chi connectivity index (χ3n) is 3.53. The van der Waals surface area contributed by atoms with Gasteiger partial charge in [-0.25, -0.2) is 0 Å². The maximum absolute atomic E-state index is 11.7. The Morgan fingerprint density at radius 3 is 1.90 bits per heavy atom. The monoisotopic (exact) mass is 300 g/mol. The van der Waals surface area contributed by atoms with Gasteiger partial charge < -0.3 is 15.4 Å². The zero-order chi connectivity index (χ0) is 16.9. The fourth-order valence-corrected chi connectivity index (χ4v) is 1.65. The van der Waals surface area contributed by atoms with Gasteiger partial charge in [0.05, 0.1) is 6.61 Å². The second kappa shape index (κ2) is 7.59. The Bertz CT molecular complexity index is 325. The second-order valence-electron chi connectivity index (χ2n) is 8.83. The van der Waals surface area contributed by atoms with Crippen LogP contribution in [0.5, 0.6) is 0 Å². The topological polar surface area (TPSA) is 55.6 Å². The Balaban J connectivity index is 4.10. The van der Waals surface area contributed by atoms with Crippen LogP contribution in [0, 0.1) is 10.8 Å². The average molecular weight is 300 g/mol. The van der Waals surface area contributed by atoms with Crippen LogP contribution in [0.3, 0.4) is 0 Å². The summed E-state index contributed by atoms with van der Waals surface area (Å²) in [6, 6.07) is 0. The highest BCUT2D eigenvalue weighted by molar-refractivity contribution is 5.79. The van der Waals surface area contributed by atoms with E-state index in [1.165, 1.54) is 6.42 Å². The van der Waals surface area contributed by atoms with E-state index in [1.807, 2.05) is 0 Å². The average Bonchev–Trinajstić information content (AvgIpc) is 2.29. The molecule has 0 fully saturated rings. The zero-order valence-corrected chi connectivity index (χ0v) is 15.4. The van der Waals surface area contributed by atoms with Crippen molar-refractivity contribution in [3.63, 3.8) is 0 Å². The molecule has 0 unspecified atom stereocenters. The fourth-order valence-electron chi connectivity index (χ4n) is 1.65. The van der Waals surface area contributed by atoms with E-state index in [0.29, 0.717) is 12.0 Å². The molecule has 0 saturated heterocycles. The SMILES string of the molecule is CN(CCC(C)(C)C)CCC(C)(C)COC(=O)C(C)(C)N. The first-order chi connectivity index (χ1) is 9.23. The molecule has 0 atom stereocenters. The minimum absolute atomic E-state index is 0.0309. The quantitative estimate of drug-likeness (QED) is 0.700. The van der Waals surface area contributed by atoms with Gasteiger partial charge in [0.25, 0.3) is 0 Å². The van der Waals surface area contributed by atoms with Crippen LogP contribution in [0.4, 0.5) is 0 Å². The largest absolute Gasteiger partial charge is 0.464 e. The van der Waals surface area contributed by atoms with Crippen LogP contribution in [0.1, 0.15) is 61.3 Å². The molecule has 4 heteroatoms. The maximum Gasteiger partial charge on any atom is 0.325 e. The van der Waals surface area contributed by atoms with Gasteiger partial charge in [-0.05, 0) is 52.2 Å². The van der Waals surface area contributed by atoms with Crippen molar-refractivity contribution in [2.75, 3.05) is 26.7 Å². The maximum atomic E-state index is 11.7. The molecule has 0 aliphatic heterocycles. The number of carbonyl (C=O) groups is 1. The summed E-state index contributed by atoms with van der Waals surface area (Å²) in [5.41, 5.74) is 5.15. The van der Waals surface area contributed by atoms with E-state index in [1.54, 1.807) is 13.8 Å². The van der Waals surface area contributed by atoms with Crippen molar-refractivity contribution in [2.24, 2.45) is 16.6 Å². The minimum Gasteiger partial charge on any atom is -0.464 e. The molecule has 0 saturated carbocycles. The molecule has 0 aromatic heterocycles. The minimum atomic E-state index is -0.917. The highest BCUT2D eigenvalue weighted by atomic mass is 16.5. The van der Waals surface area contributed by atoms with E-state index in [4.69, 9.17) is 10.5 Å². The number of hydrogen-bond donors (Lipinski definition) is 1. The summed E-state index contributed by atoms with van der Waals surface area (Å²) in [5.74, 6) is -0.336. The van der Waals surface area contributed by atoms with Gasteiger partial charge >= 0.3 is 5.97 Å². The Hall–Kier alpha value is -0.610. The molecule has 0 heterocycles. The highest BCUT2D eigenvalue weighted by Crippen LogP contribution is 2.23. The molecule has 0 bridgehead atoms. The van der Waals surface area contributed by atoms with Crippen molar-refractivity contribution in [1.29, 1.82) is 0 Å². The molecule has 0 radical (unpaired) electrons. The van der Waals surface area contributed by atoms with Gasteiger partial charge in [0, 0.05) is 5.41 Å². The molecule has 2 N–H and O–H groups in total. The Morgan fingerprint density at radius 1 is 1.00 bits per heavy atom. The van der Waals surface area contributed by atoms with Gasteiger partial charge in [-0.2, -0.15) is 0 Å². The fraction of sp³-hybridized carbons (Fsp3) is 0.941. The summed E-state index contributed by atoms with van der Waals surface area (Å²) in [4.78, 5) is 14.1. The molecular weight excluding hydrogens is 264 g/mol. The highest BCUT2D eigenvalue weighted by Gasteiger charge is 2.27. The Kier molecular flexibility index (Phi) is 7.37. The number of nitrogens with zero attached hydrogens (tertiary/aromatic N) is 1. The first-order valence-corrected chi connectivity index (χ1v) is 7.88. The molecule has 0 aliphatic carbocycles. The molecule has 0 amide bonds. The lowest BCUT2D eigenvalue weighted by molar-refractivity contribution is -0.152. The van der Waals surface area contributed by atoms with Crippen LogP contribution in [0.2, 0.25) is 0 Å². The van der Waals surface area contributed by atoms with Crippen molar-refractivity contribution in [3.05, 3.63) is 0 Å². The van der Waals surface area contributed by atoms with Crippen molar-refractivity contribution in [1.82, 2.24) is 4.90 Å². The predicted octanol–water partition coefficient (Wildman–Crippen LogP) is 3.05. The Morgan fingerprint density at radius 2 is 1.48 bits per heavy atom. The number of esters is 1. The first-order valence-electron chi connectivity index (χ1n) is 7.88. The molecule has 0 aromatic carbocycles. The standard InChI is InChI=1S/C17H36N2O2/c1-15(2,3)9-11-19(8)12-10-16(4,5)13-21-14(20)17(6,7)18/h9-13,18H2,1-8H3. The zero-order valence-electron chi connectivity index (χ0n) is 15.4. The summed E-state index contributed by atoms with van der Waals surface area (Å²) in [6.07, 6.45) is 2.17. The number of hydrogen-bond acceptors (Lipinski definition) is 4. The van der Waals surface area contributed by atoms with Crippen LogP contribution in [0.25, 0.3) is 0 Å². The third kappa shape index (κ3) is 10.7. The van der Waals surface area contributed by atoms with Gasteiger partial charge in [0.2, 0.25) is 0 Å². The van der Waals surface area contributed by atoms with E-state index >= 15 is 0 Å². The van der Waals surface area contributed by atoms with E-state index in [9.17, 15) is 4.79 Å². The van der Waals surface area contributed by atoms with Gasteiger partial charge in [-0.1, -0.05) is 34.6 Å². The Labute approximate surface area is 131 Å². The van der Waals surface area contributed by atoms with Crippen molar-refractivity contribution in [3.8, 4) is 0 Å². The van der Waals surface area contributed by atoms with E-state index in [0.717, 1.165) is 19.5 Å². The smallest absolute Gasteiger partial charge is 0.325 e.